The van der Waals surface area contributed by atoms with Gasteiger partial charge in [-0.1, -0.05) is 169 Å². The van der Waals surface area contributed by atoms with Gasteiger partial charge in [-0.15, -0.1) is 0 Å². The lowest BCUT2D eigenvalue weighted by atomic mass is 9.67. The molecule has 0 fully saturated rings. The van der Waals surface area contributed by atoms with Crippen molar-refractivity contribution in [1.29, 1.82) is 0 Å². The molecule has 1 spiro atoms. The Morgan fingerprint density at radius 3 is 1.56 bits per heavy atom. The Morgan fingerprint density at radius 1 is 0.340 bits per heavy atom. The number of benzene rings is 7. The molecule has 0 N–H and O–H groups in total. The Hall–Kier alpha value is -5.96. The molecule has 2 heterocycles. The van der Waals surface area contributed by atoms with Crippen LogP contribution in [0, 0.1) is 0 Å². The SMILES string of the molecule is c1ccc(-c2cccc(-c3cc(-c4ccccc4)nc(-c4cccc5c4-c4ccccc4C54c5ccccc5Sc5ccccc54)c3)c2)cc1. The van der Waals surface area contributed by atoms with Crippen molar-refractivity contribution >= 4 is 11.8 Å². The van der Waals surface area contributed by atoms with E-state index in [4.69, 9.17) is 4.98 Å². The summed E-state index contributed by atoms with van der Waals surface area (Å²) in [6.45, 7) is 0. The maximum absolute atomic E-state index is 5.45. The average molecular weight is 654 g/mol. The van der Waals surface area contributed by atoms with Crippen LogP contribution in [0.2, 0.25) is 0 Å². The van der Waals surface area contributed by atoms with Crippen LogP contribution in [-0.2, 0) is 5.41 Å². The van der Waals surface area contributed by atoms with Gasteiger partial charge >= 0.3 is 0 Å². The van der Waals surface area contributed by atoms with Gasteiger partial charge in [-0.05, 0) is 86.0 Å². The summed E-state index contributed by atoms with van der Waals surface area (Å²) in [7, 11) is 0. The van der Waals surface area contributed by atoms with E-state index in [1.807, 2.05) is 11.8 Å². The van der Waals surface area contributed by atoms with E-state index in [0.29, 0.717) is 0 Å². The van der Waals surface area contributed by atoms with Crippen molar-refractivity contribution in [3.63, 3.8) is 0 Å². The summed E-state index contributed by atoms with van der Waals surface area (Å²) < 4.78 is 0. The molecule has 10 rings (SSSR count). The molecule has 0 unspecified atom stereocenters. The molecule has 0 saturated heterocycles. The monoisotopic (exact) mass is 653 g/mol. The zero-order valence-electron chi connectivity index (χ0n) is 27.3. The summed E-state index contributed by atoms with van der Waals surface area (Å²) in [6.07, 6.45) is 0. The highest BCUT2D eigenvalue weighted by atomic mass is 32.2. The normalized spacial score (nSPS) is 13.3. The smallest absolute Gasteiger partial charge is 0.0735 e. The summed E-state index contributed by atoms with van der Waals surface area (Å²) in [4.78, 5) is 8.07. The highest BCUT2D eigenvalue weighted by Gasteiger charge is 2.50. The molecule has 0 radical (unpaired) electrons. The fraction of sp³-hybridized carbons (Fsp3) is 0.0208. The lowest BCUT2D eigenvalue weighted by Crippen LogP contribution is -2.31. The van der Waals surface area contributed by atoms with E-state index in [2.05, 4.69) is 188 Å². The van der Waals surface area contributed by atoms with Gasteiger partial charge in [0.25, 0.3) is 0 Å². The largest absolute Gasteiger partial charge is 0.248 e. The van der Waals surface area contributed by atoms with E-state index in [1.54, 1.807) is 0 Å². The predicted molar refractivity (Wildman–Crippen MR) is 207 cm³/mol. The van der Waals surface area contributed by atoms with Crippen molar-refractivity contribution in [3.05, 3.63) is 210 Å². The van der Waals surface area contributed by atoms with Gasteiger partial charge in [0.15, 0.2) is 0 Å². The van der Waals surface area contributed by atoms with Gasteiger partial charge in [-0.25, -0.2) is 4.98 Å². The van der Waals surface area contributed by atoms with E-state index < -0.39 is 5.41 Å². The van der Waals surface area contributed by atoms with Crippen LogP contribution in [0.5, 0.6) is 0 Å². The molecule has 1 aliphatic carbocycles. The van der Waals surface area contributed by atoms with E-state index in [0.717, 1.165) is 28.1 Å². The van der Waals surface area contributed by atoms with Gasteiger partial charge in [-0.3, -0.25) is 0 Å². The Kier molecular flexibility index (Phi) is 6.72. The number of hydrogen-bond acceptors (Lipinski definition) is 2. The molecule has 2 aliphatic rings. The van der Waals surface area contributed by atoms with Crippen molar-refractivity contribution < 1.29 is 0 Å². The third-order valence-corrected chi connectivity index (χ3v) is 11.5. The van der Waals surface area contributed by atoms with Crippen LogP contribution >= 0.6 is 11.8 Å². The fourth-order valence-corrected chi connectivity index (χ4v) is 9.41. The van der Waals surface area contributed by atoms with E-state index in [-0.39, 0.29) is 0 Å². The third kappa shape index (κ3) is 4.39. The Labute approximate surface area is 297 Å². The van der Waals surface area contributed by atoms with E-state index in [9.17, 15) is 0 Å². The summed E-state index contributed by atoms with van der Waals surface area (Å²) in [6, 6.07) is 68.4. The summed E-state index contributed by atoms with van der Waals surface area (Å²) >= 11 is 1.88. The number of rotatable bonds is 4. The summed E-state index contributed by atoms with van der Waals surface area (Å²) in [5.74, 6) is 0. The van der Waals surface area contributed by atoms with Crippen molar-refractivity contribution in [3.8, 4) is 55.9 Å². The first-order valence-electron chi connectivity index (χ1n) is 17.1. The van der Waals surface area contributed by atoms with Crippen molar-refractivity contribution in [2.45, 2.75) is 15.2 Å². The van der Waals surface area contributed by atoms with Gasteiger partial charge in [0, 0.05) is 20.9 Å². The maximum Gasteiger partial charge on any atom is 0.0735 e. The minimum atomic E-state index is -0.426. The summed E-state index contributed by atoms with van der Waals surface area (Å²) in [5.41, 5.74) is 16.4. The number of pyridine rings is 1. The first-order valence-corrected chi connectivity index (χ1v) is 17.9. The molecule has 1 aliphatic heterocycles. The minimum absolute atomic E-state index is 0.426. The van der Waals surface area contributed by atoms with E-state index >= 15 is 0 Å². The molecule has 0 atom stereocenters. The van der Waals surface area contributed by atoms with Crippen molar-refractivity contribution in [1.82, 2.24) is 4.98 Å². The van der Waals surface area contributed by atoms with Crippen LogP contribution in [-0.4, -0.2) is 4.98 Å². The molecule has 1 aromatic heterocycles. The molecule has 2 heteroatoms. The second-order valence-electron chi connectivity index (χ2n) is 13.1. The molecule has 8 aromatic rings. The van der Waals surface area contributed by atoms with Gasteiger partial charge in [0.2, 0.25) is 0 Å². The highest BCUT2D eigenvalue weighted by molar-refractivity contribution is 7.99. The standard InChI is InChI=1S/C48H31NS/c1-3-15-32(16-4-1)34-19-13-20-35(29-34)36-30-43(33-17-5-2-6-18-33)49-44(31-36)38-22-14-26-42-47(38)37-21-7-8-23-39(37)48(42)40-24-9-11-27-45(40)50-46-28-12-10-25-41(46)48/h1-31H. The lowest BCUT2D eigenvalue weighted by molar-refractivity contribution is 0.722. The zero-order chi connectivity index (χ0) is 33.1. The van der Waals surface area contributed by atoms with E-state index in [1.165, 1.54) is 59.9 Å². The predicted octanol–water partition coefficient (Wildman–Crippen LogP) is 12.6. The van der Waals surface area contributed by atoms with Gasteiger partial charge in [0.05, 0.1) is 16.8 Å². The van der Waals surface area contributed by atoms with Gasteiger partial charge in [0.1, 0.15) is 0 Å². The fourth-order valence-electron chi connectivity index (χ4n) is 8.22. The van der Waals surface area contributed by atoms with Crippen LogP contribution in [0.15, 0.2) is 198 Å². The van der Waals surface area contributed by atoms with Crippen LogP contribution in [0.4, 0.5) is 0 Å². The molecule has 1 nitrogen and oxygen atoms in total. The second kappa shape index (κ2) is 11.6. The number of aromatic nitrogens is 1. The van der Waals surface area contributed by atoms with Crippen molar-refractivity contribution in [2.24, 2.45) is 0 Å². The lowest BCUT2D eigenvalue weighted by Gasteiger charge is -2.39. The maximum atomic E-state index is 5.45. The van der Waals surface area contributed by atoms with Gasteiger partial charge in [-0.2, -0.15) is 0 Å². The Morgan fingerprint density at radius 2 is 0.840 bits per heavy atom. The number of fused-ring (bicyclic) bond motifs is 9. The molecule has 0 saturated carbocycles. The zero-order valence-corrected chi connectivity index (χ0v) is 28.1. The van der Waals surface area contributed by atoms with Gasteiger partial charge < -0.3 is 0 Å². The van der Waals surface area contributed by atoms with Crippen LogP contribution < -0.4 is 0 Å². The first kappa shape index (κ1) is 29.0. The molecule has 7 aromatic carbocycles. The quantitative estimate of drug-likeness (QED) is 0.187. The Balaban J connectivity index is 1.25. The number of nitrogens with zero attached hydrogens (tertiary/aromatic N) is 1. The first-order chi connectivity index (χ1) is 24.8. The van der Waals surface area contributed by atoms with Crippen LogP contribution in [0.1, 0.15) is 22.3 Å². The Bertz CT molecular complexity index is 2520. The molecule has 0 amide bonds. The highest BCUT2D eigenvalue weighted by Crippen LogP contribution is 2.63. The molecule has 50 heavy (non-hydrogen) atoms. The number of hydrogen-bond donors (Lipinski definition) is 0. The summed E-state index contributed by atoms with van der Waals surface area (Å²) in [5, 5.41) is 0. The molecular formula is C48H31NS. The molecule has 0 bridgehead atoms. The second-order valence-corrected chi connectivity index (χ2v) is 14.1. The third-order valence-electron chi connectivity index (χ3n) is 10.3. The average Bonchev–Trinajstić information content (AvgIpc) is 3.49. The van der Waals surface area contributed by atoms with Crippen molar-refractivity contribution in [2.75, 3.05) is 0 Å². The van der Waals surface area contributed by atoms with Crippen LogP contribution in [0.25, 0.3) is 55.9 Å². The minimum Gasteiger partial charge on any atom is -0.248 e. The topological polar surface area (TPSA) is 12.9 Å². The van der Waals surface area contributed by atoms with Crippen LogP contribution in [0.3, 0.4) is 0 Å². The molecule has 234 valence electrons. The molecular weight excluding hydrogens is 623 g/mol.